The van der Waals surface area contributed by atoms with Crippen LogP contribution in [0.2, 0.25) is 0 Å². The second-order valence-electron chi connectivity index (χ2n) is 5.21. The van der Waals surface area contributed by atoms with E-state index in [9.17, 15) is 0 Å². The standard InChI is InChI=1S/C14H18N4/c1-14(12-5-9-16-17-12)6-10-18(11-7-14)13-4-2-3-8-15-13/h2-5,8-9H,6-7,10-11H2,1H3,(H,16,17). The molecule has 4 nitrogen and oxygen atoms in total. The molecule has 0 amide bonds. The lowest BCUT2D eigenvalue weighted by atomic mass is 9.77. The number of hydrogen-bond acceptors (Lipinski definition) is 3. The minimum atomic E-state index is 0.224. The minimum absolute atomic E-state index is 0.224. The Morgan fingerprint density at radius 2 is 2.00 bits per heavy atom. The molecule has 1 saturated heterocycles. The van der Waals surface area contributed by atoms with Gasteiger partial charge in [0.1, 0.15) is 5.82 Å². The predicted molar refractivity (Wildman–Crippen MR) is 71.6 cm³/mol. The first-order chi connectivity index (χ1) is 8.78. The van der Waals surface area contributed by atoms with E-state index in [0.29, 0.717) is 0 Å². The van der Waals surface area contributed by atoms with Crippen LogP contribution in [0.4, 0.5) is 5.82 Å². The van der Waals surface area contributed by atoms with Gasteiger partial charge >= 0.3 is 0 Å². The number of aromatic nitrogens is 3. The van der Waals surface area contributed by atoms with E-state index in [1.165, 1.54) is 5.69 Å². The first-order valence-corrected chi connectivity index (χ1v) is 6.44. The molecule has 0 radical (unpaired) electrons. The third-order valence-electron chi connectivity index (χ3n) is 3.99. The second kappa shape index (κ2) is 4.44. The lowest BCUT2D eigenvalue weighted by Gasteiger charge is -2.39. The summed E-state index contributed by atoms with van der Waals surface area (Å²) in [6.45, 7) is 4.41. The summed E-state index contributed by atoms with van der Waals surface area (Å²) in [5.74, 6) is 1.09. The lowest BCUT2D eigenvalue weighted by Crippen LogP contribution is -2.41. The molecule has 0 unspecified atom stereocenters. The summed E-state index contributed by atoms with van der Waals surface area (Å²) >= 11 is 0. The molecule has 0 atom stereocenters. The molecule has 0 saturated carbocycles. The van der Waals surface area contributed by atoms with Gasteiger partial charge in [0.15, 0.2) is 0 Å². The first-order valence-electron chi connectivity index (χ1n) is 6.44. The van der Waals surface area contributed by atoms with Crippen LogP contribution >= 0.6 is 0 Å². The van der Waals surface area contributed by atoms with Gasteiger partial charge in [0.2, 0.25) is 0 Å². The highest BCUT2D eigenvalue weighted by Gasteiger charge is 2.33. The van der Waals surface area contributed by atoms with Crippen molar-refractivity contribution >= 4 is 5.82 Å². The predicted octanol–water partition coefficient (Wildman–Crippen LogP) is 2.36. The third kappa shape index (κ3) is 1.98. The normalized spacial score (nSPS) is 18.8. The fraction of sp³-hybridized carbons (Fsp3) is 0.429. The summed E-state index contributed by atoms with van der Waals surface area (Å²) < 4.78 is 0. The number of piperidine rings is 1. The van der Waals surface area contributed by atoms with Crippen LogP contribution in [0, 0.1) is 0 Å². The van der Waals surface area contributed by atoms with Crippen LogP contribution in [-0.2, 0) is 5.41 Å². The van der Waals surface area contributed by atoms with Crippen molar-refractivity contribution in [3.63, 3.8) is 0 Å². The molecular weight excluding hydrogens is 224 g/mol. The van der Waals surface area contributed by atoms with Crippen molar-refractivity contribution in [2.75, 3.05) is 18.0 Å². The van der Waals surface area contributed by atoms with E-state index in [0.717, 1.165) is 31.7 Å². The van der Waals surface area contributed by atoms with Crippen LogP contribution in [-0.4, -0.2) is 28.3 Å². The molecule has 2 aromatic heterocycles. The van der Waals surface area contributed by atoms with Gasteiger partial charge in [-0.25, -0.2) is 4.98 Å². The van der Waals surface area contributed by atoms with E-state index in [1.807, 2.05) is 24.5 Å². The summed E-state index contributed by atoms with van der Waals surface area (Å²) in [6, 6.07) is 8.18. The van der Waals surface area contributed by atoms with E-state index in [1.54, 1.807) is 0 Å². The van der Waals surface area contributed by atoms with Crippen LogP contribution in [0.1, 0.15) is 25.5 Å². The Morgan fingerprint density at radius 1 is 1.17 bits per heavy atom. The Balaban J connectivity index is 1.72. The molecule has 94 valence electrons. The molecule has 2 aromatic rings. The van der Waals surface area contributed by atoms with Gasteiger partial charge in [-0.3, -0.25) is 5.10 Å². The Hall–Kier alpha value is -1.84. The van der Waals surface area contributed by atoms with Crippen molar-refractivity contribution in [2.45, 2.75) is 25.2 Å². The Labute approximate surface area is 107 Å². The van der Waals surface area contributed by atoms with Crippen molar-refractivity contribution in [1.82, 2.24) is 15.2 Å². The zero-order valence-electron chi connectivity index (χ0n) is 10.6. The fourth-order valence-corrected chi connectivity index (χ4v) is 2.63. The number of rotatable bonds is 2. The van der Waals surface area contributed by atoms with Crippen molar-refractivity contribution in [2.24, 2.45) is 0 Å². The van der Waals surface area contributed by atoms with Crippen LogP contribution in [0.5, 0.6) is 0 Å². The average molecular weight is 242 g/mol. The summed E-state index contributed by atoms with van der Waals surface area (Å²) in [7, 11) is 0. The van der Waals surface area contributed by atoms with Gasteiger partial charge in [-0.1, -0.05) is 13.0 Å². The quantitative estimate of drug-likeness (QED) is 0.879. The molecule has 0 spiro atoms. The second-order valence-corrected chi connectivity index (χ2v) is 5.21. The minimum Gasteiger partial charge on any atom is -0.357 e. The Morgan fingerprint density at radius 3 is 2.61 bits per heavy atom. The third-order valence-corrected chi connectivity index (χ3v) is 3.99. The summed E-state index contributed by atoms with van der Waals surface area (Å²) in [5.41, 5.74) is 1.48. The molecule has 3 heterocycles. The monoisotopic (exact) mass is 242 g/mol. The molecule has 3 rings (SSSR count). The highest BCUT2D eigenvalue weighted by atomic mass is 15.2. The van der Waals surface area contributed by atoms with Gasteiger partial charge in [0, 0.05) is 36.6 Å². The van der Waals surface area contributed by atoms with E-state index < -0.39 is 0 Å². The van der Waals surface area contributed by atoms with Crippen molar-refractivity contribution < 1.29 is 0 Å². The maximum absolute atomic E-state index is 4.42. The number of nitrogens with zero attached hydrogens (tertiary/aromatic N) is 3. The molecule has 0 bridgehead atoms. The number of hydrogen-bond donors (Lipinski definition) is 1. The van der Waals surface area contributed by atoms with Crippen molar-refractivity contribution in [3.8, 4) is 0 Å². The maximum atomic E-state index is 4.42. The number of nitrogens with one attached hydrogen (secondary N) is 1. The highest BCUT2D eigenvalue weighted by molar-refractivity contribution is 5.39. The van der Waals surface area contributed by atoms with Gasteiger partial charge in [0.25, 0.3) is 0 Å². The number of H-pyrrole nitrogens is 1. The van der Waals surface area contributed by atoms with Crippen LogP contribution in [0.3, 0.4) is 0 Å². The highest BCUT2D eigenvalue weighted by Crippen LogP contribution is 2.34. The van der Waals surface area contributed by atoms with Gasteiger partial charge in [-0.05, 0) is 31.0 Å². The first kappa shape index (κ1) is 11.3. The summed E-state index contributed by atoms with van der Waals surface area (Å²) in [6.07, 6.45) is 5.96. The Bertz CT molecular complexity index is 484. The summed E-state index contributed by atoms with van der Waals surface area (Å²) in [5, 5.41) is 7.19. The SMILES string of the molecule is CC1(c2ccn[nH]2)CCN(c2ccccn2)CC1. The molecular formula is C14H18N4. The van der Waals surface area contributed by atoms with E-state index in [-0.39, 0.29) is 5.41 Å². The molecule has 18 heavy (non-hydrogen) atoms. The number of aromatic amines is 1. The van der Waals surface area contributed by atoms with Crippen molar-refractivity contribution in [1.29, 1.82) is 0 Å². The van der Waals surface area contributed by atoms with E-state index in [4.69, 9.17) is 0 Å². The largest absolute Gasteiger partial charge is 0.357 e. The van der Waals surface area contributed by atoms with Gasteiger partial charge in [-0.15, -0.1) is 0 Å². The lowest BCUT2D eigenvalue weighted by molar-refractivity contribution is 0.352. The molecule has 0 aliphatic carbocycles. The van der Waals surface area contributed by atoms with E-state index in [2.05, 4.69) is 39.1 Å². The van der Waals surface area contributed by atoms with Crippen LogP contribution < -0.4 is 4.90 Å². The van der Waals surface area contributed by atoms with Crippen LogP contribution in [0.15, 0.2) is 36.7 Å². The fourth-order valence-electron chi connectivity index (χ4n) is 2.63. The van der Waals surface area contributed by atoms with Gasteiger partial charge in [0.05, 0.1) is 0 Å². The molecule has 1 fully saturated rings. The maximum Gasteiger partial charge on any atom is 0.128 e. The molecule has 1 aliphatic heterocycles. The van der Waals surface area contributed by atoms with Crippen LogP contribution in [0.25, 0.3) is 0 Å². The Kier molecular flexibility index (Phi) is 2.78. The summed E-state index contributed by atoms with van der Waals surface area (Å²) in [4.78, 5) is 6.78. The molecule has 1 N–H and O–H groups in total. The smallest absolute Gasteiger partial charge is 0.128 e. The van der Waals surface area contributed by atoms with E-state index >= 15 is 0 Å². The topological polar surface area (TPSA) is 44.8 Å². The average Bonchev–Trinajstić information content (AvgIpc) is 2.95. The zero-order chi connectivity index (χ0) is 12.4. The van der Waals surface area contributed by atoms with Crippen molar-refractivity contribution in [3.05, 3.63) is 42.4 Å². The van der Waals surface area contributed by atoms with Gasteiger partial charge in [-0.2, -0.15) is 5.10 Å². The number of pyridine rings is 1. The molecule has 4 heteroatoms. The zero-order valence-corrected chi connectivity index (χ0v) is 10.6. The number of anilines is 1. The molecule has 0 aromatic carbocycles. The molecule has 1 aliphatic rings. The van der Waals surface area contributed by atoms with Gasteiger partial charge < -0.3 is 4.90 Å².